The number of amides is 1. The summed E-state index contributed by atoms with van der Waals surface area (Å²) in [6.07, 6.45) is 1.47. The van der Waals surface area contributed by atoms with E-state index in [-0.39, 0.29) is 11.7 Å². The molecule has 2 rings (SSSR count). The molecular weight excluding hydrogens is 240 g/mol. The molecule has 2 N–H and O–H groups in total. The van der Waals surface area contributed by atoms with Crippen LogP contribution in [0.25, 0.3) is 0 Å². The highest BCUT2D eigenvalue weighted by atomic mass is 16.6. The summed E-state index contributed by atoms with van der Waals surface area (Å²) in [7, 11) is 0. The Labute approximate surface area is 114 Å². The number of cyclic esters (lactones) is 1. The van der Waals surface area contributed by atoms with E-state index >= 15 is 0 Å². The first kappa shape index (κ1) is 13.9. The van der Waals surface area contributed by atoms with Gasteiger partial charge in [0.25, 0.3) is 0 Å². The molecule has 104 valence electrons. The Hall–Kier alpha value is -1.55. The van der Waals surface area contributed by atoms with Crippen molar-refractivity contribution in [3.63, 3.8) is 0 Å². The summed E-state index contributed by atoms with van der Waals surface area (Å²) in [6, 6.07) is 8.20. The first-order chi connectivity index (χ1) is 9.02. The highest BCUT2D eigenvalue weighted by Crippen LogP contribution is 2.28. The summed E-state index contributed by atoms with van der Waals surface area (Å²) in [5, 5.41) is 0. The number of hydrogen-bond acceptors (Lipinski definition) is 3. The normalized spacial score (nSPS) is 22.7. The van der Waals surface area contributed by atoms with Gasteiger partial charge in [0.2, 0.25) is 0 Å². The molecule has 1 aromatic carbocycles. The summed E-state index contributed by atoms with van der Waals surface area (Å²) < 4.78 is 5.50. The number of aryl methyl sites for hydroxylation is 1. The number of nitrogens with two attached hydrogens (primary N) is 1. The van der Waals surface area contributed by atoms with E-state index in [1.165, 1.54) is 5.56 Å². The smallest absolute Gasteiger partial charge is 0.410 e. The van der Waals surface area contributed by atoms with Gasteiger partial charge in [-0.3, -0.25) is 4.90 Å². The molecule has 1 aliphatic heterocycles. The Bertz CT molecular complexity index is 461. The lowest BCUT2D eigenvalue weighted by Crippen LogP contribution is -2.31. The Morgan fingerprint density at radius 3 is 2.95 bits per heavy atom. The number of benzene rings is 1. The quantitative estimate of drug-likeness (QED) is 0.886. The minimum atomic E-state index is -0.389. The SMILES string of the molecule is Cc1cccc(CN2CC(C)(CCCN)OC2=O)c1. The Morgan fingerprint density at radius 2 is 2.26 bits per heavy atom. The maximum atomic E-state index is 11.9. The molecule has 1 unspecified atom stereocenters. The molecule has 1 aromatic rings. The summed E-state index contributed by atoms with van der Waals surface area (Å²) in [5.41, 5.74) is 7.48. The van der Waals surface area contributed by atoms with Crippen LogP contribution in [-0.2, 0) is 11.3 Å². The molecule has 19 heavy (non-hydrogen) atoms. The van der Waals surface area contributed by atoms with Crippen molar-refractivity contribution in [3.8, 4) is 0 Å². The van der Waals surface area contributed by atoms with E-state index < -0.39 is 0 Å². The van der Waals surface area contributed by atoms with Gasteiger partial charge in [-0.05, 0) is 38.8 Å². The van der Waals surface area contributed by atoms with Gasteiger partial charge in [-0.2, -0.15) is 0 Å². The Kier molecular flexibility index (Phi) is 4.10. The van der Waals surface area contributed by atoms with Gasteiger partial charge < -0.3 is 10.5 Å². The lowest BCUT2D eigenvalue weighted by molar-refractivity contribution is 0.0638. The summed E-state index contributed by atoms with van der Waals surface area (Å²) in [5.74, 6) is 0. The number of carbonyl (C=O) groups excluding carboxylic acids is 1. The average Bonchev–Trinajstić information content (AvgIpc) is 2.63. The highest BCUT2D eigenvalue weighted by Gasteiger charge is 2.40. The fraction of sp³-hybridized carbons (Fsp3) is 0.533. The maximum Gasteiger partial charge on any atom is 0.410 e. The first-order valence-electron chi connectivity index (χ1n) is 6.76. The minimum absolute atomic E-state index is 0.221. The molecule has 1 saturated heterocycles. The van der Waals surface area contributed by atoms with Gasteiger partial charge in [0.05, 0.1) is 6.54 Å². The van der Waals surface area contributed by atoms with E-state index in [1.807, 2.05) is 19.1 Å². The summed E-state index contributed by atoms with van der Waals surface area (Å²) >= 11 is 0. The van der Waals surface area contributed by atoms with Crippen LogP contribution in [0, 0.1) is 6.92 Å². The van der Waals surface area contributed by atoms with Crippen molar-refractivity contribution >= 4 is 6.09 Å². The minimum Gasteiger partial charge on any atom is -0.441 e. The van der Waals surface area contributed by atoms with Crippen LogP contribution in [0.4, 0.5) is 4.79 Å². The van der Waals surface area contributed by atoms with Crippen molar-refractivity contribution in [2.75, 3.05) is 13.1 Å². The number of nitrogens with zero attached hydrogens (tertiary/aromatic N) is 1. The van der Waals surface area contributed by atoms with Gasteiger partial charge in [0.15, 0.2) is 0 Å². The van der Waals surface area contributed by atoms with Gasteiger partial charge in [-0.1, -0.05) is 29.8 Å². The molecular formula is C15H22N2O2. The van der Waals surface area contributed by atoms with E-state index in [0.29, 0.717) is 19.6 Å². The molecule has 0 saturated carbocycles. The molecule has 0 aliphatic carbocycles. The van der Waals surface area contributed by atoms with Crippen molar-refractivity contribution in [3.05, 3.63) is 35.4 Å². The third-order valence-electron chi connectivity index (χ3n) is 3.48. The number of hydrogen-bond donors (Lipinski definition) is 1. The molecule has 4 heteroatoms. The van der Waals surface area contributed by atoms with Gasteiger partial charge in [-0.25, -0.2) is 4.79 Å². The summed E-state index contributed by atoms with van der Waals surface area (Å²) in [4.78, 5) is 13.7. The summed E-state index contributed by atoms with van der Waals surface area (Å²) in [6.45, 7) is 5.91. The van der Waals surface area contributed by atoms with Gasteiger partial charge >= 0.3 is 6.09 Å². The van der Waals surface area contributed by atoms with Crippen molar-refractivity contribution in [1.29, 1.82) is 0 Å². The second-order valence-electron chi connectivity index (χ2n) is 5.56. The fourth-order valence-corrected chi connectivity index (χ4v) is 2.53. The van der Waals surface area contributed by atoms with Crippen LogP contribution >= 0.6 is 0 Å². The molecule has 1 fully saturated rings. The van der Waals surface area contributed by atoms with E-state index in [2.05, 4.69) is 19.1 Å². The topological polar surface area (TPSA) is 55.6 Å². The van der Waals surface area contributed by atoms with E-state index in [4.69, 9.17) is 10.5 Å². The van der Waals surface area contributed by atoms with Crippen molar-refractivity contribution in [1.82, 2.24) is 4.90 Å². The zero-order chi connectivity index (χ0) is 13.9. The highest BCUT2D eigenvalue weighted by molar-refractivity contribution is 5.70. The second-order valence-corrected chi connectivity index (χ2v) is 5.56. The largest absolute Gasteiger partial charge is 0.441 e. The Morgan fingerprint density at radius 1 is 1.47 bits per heavy atom. The lowest BCUT2D eigenvalue weighted by atomic mass is 10.00. The van der Waals surface area contributed by atoms with Crippen LogP contribution < -0.4 is 5.73 Å². The number of rotatable bonds is 5. The van der Waals surface area contributed by atoms with Crippen LogP contribution in [-0.4, -0.2) is 29.7 Å². The zero-order valence-electron chi connectivity index (χ0n) is 11.7. The van der Waals surface area contributed by atoms with Crippen molar-refractivity contribution < 1.29 is 9.53 Å². The van der Waals surface area contributed by atoms with Gasteiger partial charge in [0.1, 0.15) is 5.60 Å². The van der Waals surface area contributed by atoms with E-state index in [1.54, 1.807) is 4.90 Å². The average molecular weight is 262 g/mol. The van der Waals surface area contributed by atoms with Crippen LogP contribution in [0.5, 0.6) is 0 Å². The third kappa shape index (κ3) is 3.47. The third-order valence-corrected chi connectivity index (χ3v) is 3.48. The lowest BCUT2D eigenvalue weighted by Gasteiger charge is -2.21. The molecule has 1 aliphatic rings. The maximum absolute atomic E-state index is 11.9. The predicted molar refractivity (Wildman–Crippen MR) is 74.8 cm³/mol. The molecule has 0 radical (unpaired) electrons. The molecule has 1 amide bonds. The second kappa shape index (κ2) is 5.61. The molecule has 1 atom stereocenters. The van der Waals surface area contributed by atoms with Crippen molar-refractivity contribution in [2.24, 2.45) is 5.73 Å². The zero-order valence-corrected chi connectivity index (χ0v) is 11.7. The molecule has 1 heterocycles. The molecule has 0 spiro atoms. The number of carbonyl (C=O) groups is 1. The van der Waals surface area contributed by atoms with Gasteiger partial charge in [0, 0.05) is 6.54 Å². The molecule has 0 aromatic heterocycles. The predicted octanol–water partition coefficient (Wildman–Crippen LogP) is 2.44. The van der Waals surface area contributed by atoms with Crippen LogP contribution in [0.3, 0.4) is 0 Å². The first-order valence-corrected chi connectivity index (χ1v) is 6.76. The van der Waals surface area contributed by atoms with Gasteiger partial charge in [-0.15, -0.1) is 0 Å². The fourth-order valence-electron chi connectivity index (χ4n) is 2.53. The monoisotopic (exact) mass is 262 g/mol. The van der Waals surface area contributed by atoms with Crippen molar-refractivity contribution in [2.45, 2.75) is 38.8 Å². The molecule has 0 bridgehead atoms. The van der Waals surface area contributed by atoms with E-state index in [9.17, 15) is 4.79 Å². The molecule has 4 nitrogen and oxygen atoms in total. The van der Waals surface area contributed by atoms with Crippen LogP contribution in [0.1, 0.15) is 30.9 Å². The Balaban J connectivity index is 2.00. The van der Waals surface area contributed by atoms with E-state index in [0.717, 1.165) is 18.4 Å². The van der Waals surface area contributed by atoms with Crippen LogP contribution in [0.2, 0.25) is 0 Å². The van der Waals surface area contributed by atoms with Crippen LogP contribution in [0.15, 0.2) is 24.3 Å². The standard InChI is InChI=1S/C15H22N2O2/c1-12-5-3-6-13(9-12)10-17-11-15(2,7-4-8-16)19-14(17)18/h3,5-6,9H,4,7-8,10-11,16H2,1-2H3. The number of ether oxygens (including phenoxy) is 1.